The van der Waals surface area contributed by atoms with Crippen LogP contribution in [0.25, 0.3) is 0 Å². The number of nitrogens with one attached hydrogen (secondary N) is 3. The van der Waals surface area contributed by atoms with Crippen molar-refractivity contribution in [2.75, 3.05) is 6.54 Å². The Morgan fingerprint density at radius 3 is 1.90 bits per heavy atom. The monoisotopic (exact) mass is 569 g/mol. The number of rotatable bonds is 12. The van der Waals surface area contributed by atoms with Crippen molar-refractivity contribution in [1.29, 1.82) is 0 Å². The molecule has 0 unspecified atom stereocenters. The van der Waals surface area contributed by atoms with E-state index in [4.69, 9.17) is 19.9 Å². The Labute approximate surface area is 235 Å². The van der Waals surface area contributed by atoms with Gasteiger partial charge in [0.25, 0.3) is 11.8 Å². The van der Waals surface area contributed by atoms with Crippen LogP contribution in [0.3, 0.4) is 0 Å². The number of primary amides is 1. The van der Waals surface area contributed by atoms with Gasteiger partial charge in [0, 0.05) is 0 Å². The summed E-state index contributed by atoms with van der Waals surface area (Å²) < 4.78 is 15.3. The van der Waals surface area contributed by atoms with Crippen molar-refractivity contribution in [2.45, 2.75) is 51.4 Å². The highest BCUT2D eigenvalue weighted by Crippen LogP contribution is 2.25. The Bertz CT molecular complexity index is 1260. The normalized spacial score (nSPS) is 16.7. The summed E-state index contributed by atoms with van der Waals surface area (Å²) in [5, 5.41) is 5.33. The number of alkyl carbamates (subject to hydrolysis) is 1. The van der Waals surface area contributed by atoms with Gasteiger partial charge in [0.2, 0.25) is 11.8 Å². The minimum atomic E-state index is -1.30. The van der Waals surface area contributed by atoms with Crippen molar-refractivity contribution in [3.8, 4) is 0 Å². The number of benzene rings is 2. The lowest BCUT2D eigenvalue weighted by Crippen LogP contribution is -2.57. The third kappa shape index (κ3) is 9.61. The van der Waals surface area contributed by atoms with Gasteiger partial charge in [-0.25, -0.2) is 14.6 Å². The predicted octanol–water partition coefficient (Wildman–Crippen LogP) is -0.338. The summed E-state index contributed by atoms with van der Waals surface area (Å²) in [5.74, 6) is -4.25. The standard InChI is InChI=1S/C27H31N5O9/c1-16(30-27(38)40-15-19-11-7-4-8-12-19)23(34)29-17(2)24(35)31-32(13-20(28)33)25(36)21-22(41-21)26(37)39-14-18-9-5-3-6-10-18/h3-12,16-17,21-22H,13-15H2,1-2H3,(H2,28,33)(H,29,34)(H,30,38)(H,31,35)/t16-,17-,21+,22+/m0/s1. The van der Waals surface area contributed by atoms with E-state index < -0.39 is 66.5 Å². The maximum absolute atomic E-state index is 12.8. The number of nitrogens with two attached hydrogens (primary N) is 1. The molecule has 2 aromatic carbocycles. The van der Waals surface area contributed by atoms with Gasteiger partial charge < -0.3 is 30.6 Å². The summed E-state index contributed by atoms with van der Waals surface area (Å²) in [6, 6.07) is 15.5. The molecule has 0 saturated carbocycles. The molecule has 0 radical (unpaired) electrons. The number of esters is 1. The van der Waals surface area contributed by atoms with E-state index in [0.29, 0.717) is 5.01 Å². The molecule has 0 spiro atoms. The number of ether oxygens (including phenoxy) is 3. The molecular formula is C27H31N5O9. The maximum atomic E-state index is 12.8. The largest absolute Gasteiger partial charge is 0.459 e. The van der Waals surface area contributed by atoms with Crippen molar-refractivity contribution in [2.24, 2.45) is 5.73 Å². The topological polar surface area (TPSA) is 199 Å². The number of carbonyl (C=O) groups is 6. The van der Waals surface area contributed by atoms with Gasteiger partial charge in [-0.05, 0) is 25.0 Å². The van der Waals surface area contributed by atoms with Crippen molar-refractivity contribution < 1.29 is 43.0 Å². The van der Waals surface area contributed by atoms with E-state index in [1.807, 2.05) is 6.07 Å². The summed E-state index contributed by atoms with van der Waals surface area (Å²) >= 11 is 0. The zero-order valence-electron chi connectivity index (χ0n) is 22.4. The van der Waals surface area contributed by atoms with Gasteiger partial charge in [-0.1, -0.05) is 60.7 Å². The number of hydrogen-bond donors (Lipinski definition) is 4. The molecule has 1 saturated heterocycles. The number of hydrogen-bond acceptors (Lipinski definition) is 9. The Balaban J connectivity index is 1.46. The lowest BCUT2D eigenvalue weighted by atomic mass is 10.2. The fraction of sp³-hybridized carbons (Fsp3) is 0.333. The molecular weight excluding hydrogens is 538 g/mol. The van der Waals surface area contributed by atoms with Crippen molar-refractivity contribution in [1.82, 2.24) is 21.1 Å². The number of hydrazine groups is 1. The molecule has 14 heteroatoms. The van der Waals surface area contributed by atoms with E-state index >= 15 is 0 Å². The zero-order valence-corrected chi connectivity index (χ0v) is 22.4. The molecule has 0 aromatic heterocycles. The lowest BCUT2D eigenvalue weighted by Gasteiger charge is -2.24. The van der Waals surface area contributed by atoms with Gasteiger partial charge in [-0.2, -0.15) is 0 Å². The van der Waals surface area contributed by atoms with E-state index in [1.54, 1.807) is 54.6 Å². The average molecular weight is 570 g/mol. The van der Waals surface area contributed by atoms with Crippen LogP contribution in [0, 0.1) is 0 Å². The minimum Gasteiger partial charge on any atom is -0.459 e. The summed E-state index contributed by atoms with van der Waals surface area (Å²) in [6.07, 6.45) is -3.36. The van der Waals surface area contributed by atoms with Crippen LogP contribution < -0.4 is 21.8 Å². The first kappa shape index (κ1) is 30.6. The van der Waals surface area contributed by atoms with E-state index in [0.717, 1.165) is 11.1 Å². The van der Waals surface area contributed by atoms with Crippen LogP contribution in [-0.4, -0.2) is 71.5 Å². The van der Waals surface area contributed by atoms with Crippen molar-refractivity contribution >= 4 is 35.7 Å². The fourth-order valence-corrected chi connectivity index (χ4v) is 3.41. The van der Waals surface area contributed by atoms with Crippen LogP contribution in [0.5, 0.6) is 0 Å². The number of carbonyl (C=O) groups excluding carboxylic acids is 6. The first-order valence-corrected chi connectivity index (χ1v) is 12.6. The molecule has 1 fully saturated rings. The lowest BCUT2D eigenvalue weighted by molar-refractivity contribution is -0.147. The molecule has 218 valence electrons. The third-order valence-corrected chi connectivity index (χ3v) is 5.71. The fourth-order valence-electron chi connectivity index (χ4n) is 3.41. The molecule has 41 heavy (non-hydrogen) atoms. The molecule has 0 aliphatic carbocycles. The number of nitrogens with zero attached hydrogens (tertiary/aromatic N) is 1. The molecule has 1 aliphatic rings. The highest BCUT2D eigenvalue weighted by molar-refractivity contribution is 5.96. The van der Waals surface area contributed by atoms with Gasteiger partial charge in [0.1, 0.15) is 31.8 Å². The van der Waals surface area contributed by atoms with Crippen LogP contribution in [-0.2, 0) is 51.4 Å². The minimum absolute atomic E-state index is 0.000137. The second kappa shape index (κ2) is 14.4. The molecule has 14 nitrogen and oxygen atoms in total. The molecule has 2 aromatic rings. The van der Waals surface area contributed by atoms with Crippen LogP contribution >= 0.6 is 0 Å². The quantitative estimate of drug-likeness (QED) is 0.150. The highest BCUT2D eigenvalue weighted by Gasteiger charge is 2.53. The smallest absolute Gasteiger partial charge is 0.408 e. The molecule has 3 rings (SSSR count). The summed E-state index contributed by atoms with van der Waals surface area (Å²) in [5.41, 5.74) is 8.89. The Morgan fingerprint density at radius 2 is 1.34 bits per heavy atom. The Kier molecular flexibility index (Phi) is 10.7. The van der Waals surface area contributed by atoms with Crippen LogP contribution in [0.2, 0.25) is 0 Å². The van der Waals surface area contributed by atoms with Crippen LogP contribution in [0.4, 0.5) is 4.79 Å². The van der Waals surface area contributed by atoms with Gasteiger partial charge in [0.15, 0.2) is 12.2 Å². The SMILES string of the molecule is C[C@H](NC(=O)OCc1ccccc1)C(=O)N[C@@H](C)C(=O)NN(CC(N)=O)C(=O)[C@@H]1O[C@H]1C(=O)OCc1ccccc1. The zero-order chi connectivity index (χ0) is 29.9. The maximum Gasteiger partial charge on any atom is 0.408 e. The van der Waals surface area contributed by atoms with Crippen LogP contribution in [0.1, 0.15) is 25.0 Å². The molecule has 5 amide bonds. The van der Waals surface area contributed by atoms with Crippen molar-refractivity contribution in [3.05, 3.63) is 71.8 Å². The molecule has 1 heterocycles. The van der Waals surface area contributed by atoms with Crippen LogP contribution in [0.15, 0.2) is 60.7 Å². The third-order valence-electron chi connectivity index (χ3n) is 5.71. The summed E-state index contributed by atoms with van der Waals surface area (Å²) in [7, 11) is 0. The summed E-state index contributed by atoms with van der Waals surface area (Å²) in [6.45, 7) is 1.95. The number of amides is 5. The highest BCUT2D eigenvalue weighted by atomic mass is 16.6. The van der Waals surface area contributed by atoms with E-state index in [2.05, 4.69) is 16.1 Å². The Hall–Kier alpha value is -4.98. The molecule has 1 aliphatic heterocycles. The average Bonchev–Trinajstić information content (AvgIpc) is 3.76. The molecule has 4 atom stereocenters. The van der Waals surface area contributed by atoms with Gasteiger partial charge in [-0.15, -0.1) is 0 Å². The Morgan fingerprint density at radius 1 is 0.805 bits per heavy atom. The summed E-state index contributed by atoms with van der Waals surface area (Å²) in [4.78, 5) is 73.8. The molecule has 0 bridgehead atoms. The first-order chi connectivity index (χ1) is 19.5. The predicted molar refractivity (Wildman–Crippen MR) is 141 cm³/mol. The first-order valence-electron chi connectivity index (χ1n) is 12.6. The van der Waals surface area contributed by atoms with E-state index in [-0.39, 0.29) is 13.2 Å². The van der Waals surface area contributed by atoms with E-state index in [9.17, 15) is 28.8 Å². The van der Waals surface area contributed by atoms with Gasteiger partial charge >= 0.3 is 12.1 Å². The second-order valence-corrected chi connectivity index (χ2v) is 9.10. The van der Waals surface area contributed by atoms with E-state index in [1.165, 1.54) is 13.8 Å². The number of epoxide rings is 1. The van der Waals surface area contributed by atoms with Gasteiger partial charge in [-0.3, -0.25) is 24.6 Å². The molecule has 5 N–H and O–H groups in total. The van der Waals surface area contributed by atoms with Crippen molar-refractivity contribution in [3.63, 3.8) is 0 Å². The van der Waals surface area contributed by atoms with Gasteiger partial charge in [0.05, 0.1) is 0 Å². The second-order valence-electron chi connectivity index (χ2n) is 9.10.